The van der Waals surface area contributed by atoms with Crippen molar-refractivity contribution in [3.63, 3.8) is 0 Å². The van der Waals surface area contributed by atoms with Gasteiger partial charge >= 0.3 is 0 Å². The van der Waals surface area contributed by atoms with Crippen LogP contribution in [0.4, 0.5) is 0 Å². The predicted molar refractivity (Wildman–Crippen MR) is 41.4 cm³/mol. The van der Waals surface area contributed by atoms with Crippen molar-refractivity contribution in [1.82, 2.24) is 0 Å². The molecule has 0 spiro atoms. The third-order valence-corrected chi connectivity index (χ3v) is 2.37. The lowest BCUT2D eigenvalue weighted by atomic mass is 9.97. The van der Waals surface area contributed by atoms with Gasteiger partial charge < -0.3 is 14.6 Å². The first-order chi connectivity index (χ1) is 5.29. The Morgan fingerprint density at radius 1 is 1.64 bits per heavy atom. The SMILES string of the molecule is CO[C@H]1CO[C@@H](C)[C@H]1CCO. The average molecular weight is 160 g/mol. The molecule has 11 heavy (non-hydrogen) atoms. The number of hydrogen-bond donors (Lipinski definition) is 1. The lowest BCUT2D eigenvalue weighted by Gasteiger charge is -2.17. The molecule has 0 aromatic heterocycles. The monoisotopic (exact) mass is 160 g/mol. The molecule has 66 valence electrons. The van der Waals surface area contributed by atoms with Gasteiger partial charge in [-0.05, 0) is 13.3 Å². The minimum absolute atomic E-state index is 0.178. The molecule has 0 bridgehead atoms. The van der Waals surface area contributed by atoms with E-state index < -0.39 is 0 Å². The summed E-state index contributed by atoms with van der Waals surface area (Å²) in [5, 5.41) is 8.75. The molecule has 0 aromatic rings. The zero-order valence-electron chi connectivity index (χ0n) is 7.12. The van der Waals surface area contributed by atoms with Crippen LogP contribution in [0.15, 0.2) is 0 Å². The van der Waals surface area contributed by atoms with Crippen molar-refractivity contribution in [2.45, 2.75) is 25.6 Å². The molecule has 1 heterocycles. The van der Waals surface area contributed by atoms with Crippen molar-refractivity contribution < 1.29 is 14.6 Å². The Hall–Kier alpha value is -0.120. The lowest BCUT2D eigenvalue weighted by molar-refractivity contribution is 0.0607. The molecule has 3 heteroatoms. The Morgan fingerprint density at radius 2 is 2.36 bits per heavy atom. The van der Waals surface area contributed by atoms with E-state index in [-0.39, 0.29) is 18.8 Å². The van der Waals surface area contributed by atoms with Gasteiger partial charge in [-0.3, -0.25) is 0 Å². The van der Waals surface area contributed by atoms with Crippen molar-refractivity contribution in [2.24, 2.45) is 5.92 Å². The molecular formula is C8H16O3. The van der Waals surface area contributed by atoms with E-state index in [0.717, 1.165) is 6.42 Å². The number of ether oxygens (including phenoxy) is 2. The highest BCUT2D eigenvalue weighted by Gasteiger charge is 2.33. The van der Waals surface area contributed by atoms with E-state index in [4.69, 9.17) is 14.6 Å². The molecule has 0 aromatic carbocycles. The minimum atomic E-state index is 0.178. The van der Waals surface area contributed by atoms with Crippen molar-refractivity contribution in [2.75, 3.05) is 20.3 Å². The van der Waals surface area contributed by atoms with Gasteiger partial charge in [0.15, 0.2) is 0 Å². The molecule has 1 saturated heterocycles. The van der Waals surface area contributed by atoms with E-state index in [2.05, 4.69) is 0 Å². The van der Waals surface area contributed by atoms with Crippen molar-refractivity contribution >= 4 is 0 Å². The highest BCUT2D eigenvalue weighted by Crippen LogP contribution is 2.25. The third-order valence-electron chi connectivity index (χ3n) is 2.37. The van der Waals surface area contributed by atoms with E-state index in [1.54, 1.807) is 7.11 Å². The predicted octanol–water partition coefficient (Wildman–Crippen LogP) is 0.419. The molecule has 1 fully saturated rings. The molecule has 3 nitrogen and oxygen atoms in total. The summed E-state index contributed by atoms with van der Waals surface area (Å²) in [7, 11) is 1.69. The first-order valence-electron chi connectivity index (χ1n) is 4.05. The van der Waals surface area contributed by atoms with Gasteiger partial charge in [-0.15, -0.1) is 0 Å². The molecule has 3 atom stereocenters. The number of hydrogen-bond acceptors (Lipinski definition) is 3. The Morgan fingerprint density at radius 3 is 2.91 bits per heavy atom. The van der Waals surface area contributed by atoms with Crippen LogP contribution in [0.3, 0.4) is 0 Å². The van der Waals surface area contributed by atoms with Gasteiger partial charge in [-0.2, -0.15) is 0 Å². The second kappa shape index (κ2) is 4.04. The Kier molecular flexibility index (Phi) is 3.30. The normalized spacial score (nSPS) is 37.9. The number of methoxy groups -OCH3 is 1. The summed E-state index contributed by atoms with van der Waals surface area (Å²) in [6.45, 7) is 2.92. The van der Waals surface area contributed by atoms with Gasteiger partial charge in [0.1, 0.15) is 0 Å². The van der Waals surface area contributed by atoms with Crippen LogP contribution in [-0.4, -0.2) is 37.6 Å². The Bertz CT molecular complexity index is 116. The maximum absolute atomic E-state index is 8.75. The Balaban J connectivity index is 2.42. The smallest absolute Gasteiger partial charge is 0.0858 e. The molecular weight excluding hydrogens is 144 g/mol. The van der Waals surface area contributed by atoms with Crippen LogP contribution in [-0.2, 0) is 9.47 Å². The summed E-state index contributed by atoms with van der Waals surface area (Å²) in [6.07, 6.45) is 1.18. The molecule has 1 aliphatic rings. The fourth-order valence-corrected chi connectivity index (χ4v) is 1.61. The topological polar surface area (TPSA) is 38.7 Å². The zero-order chi connectivity index (χ0) is 8.27. The summed E-state index contributed by atoms with van der Waals surface area (Å²) in [5.74, 6) is 0.366. The van der Waals surface area contributed by atoms with Crippen molar-refractivity contribution in [3.8, 4) is 0 Å². The Labute approximate surface area is 67.3 Å². The van der Waals surface area contributed by atoms with E-state index in [1.807, 2.05) is 6.92 Å². The van der Waals surface area contributed by atoms with E-state index in [0.29, 0.717) is 12.5 Å². The van der Waals surface area contributed by atoms with Crippen LogP contribution in [0.25, 0.3) is 0 Å². The molecule has 0 aliphatic carbocycles. The number of aliphatic hydroxyl groups excluding tert-OH is 1. The van der Waals surface area contributed by atoms with Gasteiger partial charge in [-0.1, -0.05) is 0 Å². The first kappa shape index (κ1) is 8.97. The van der Waals surface area contributed by atoms with Gasteiger partial charge in [0.25, 0.3) is 0 Å². The zero-order valence-corrected chi connectivity index (χ0v) is 7.12. The number of aliphatic hydroxyl groups is 1. The molecule has 0 radical (unpaired) electrons. The second-order valence-electron chi connectivity index (χ2n) is 2.99. The summed E-state index contributed by atoms with van der Waals surface area (Å²) in [6, 6.07) is 0. The van der Waals surface area contributed by atoms with E-state index >= 15 is 0 Å². The quantitative estimate of drug-likeness (QED) is 0.650. The number of rotatable bonds is 3. The molecule has 0 unspecified atom stereocenters. The van der Waals surface area contributed by atoms with Crippen LogP contribution in [0.1, 0.15) is 13.3 Å². The van der Waals surface area contributed by atoms with E-state index in [9.17, 15) is 0 Å². The highest BCUT2D eigenvalue weighted by atomic mass is 16.5. The van der Waals surface area contributed by atoms with Gasteiger partial charge in [0.05, 0.1) is 18.8 Å². The average Bonchev–Trinajstić information content (AvgIpc) is 2.34. The highest BCUT2D eigenvalue weighted by molar-refractivity contribution is 4.81. The first-order valence-corrected chi connectivity index (χ1v) is 4.05. The van der Waals surface area contributed by atoms with Crippen molar-refractivity contribution in [3.05, 3.63) is 0 Å². The third kappa shape index (κ3) is 1.92. The van der Waals surface area contributed by atoms with Crippen LogP contribution in [0.5, 0.6) is 0 Å². The summed E-state index contributed by atoms with van der Waals surface area (Å²) < 4.78 is 10.6. The summed E-state index contributed by atoms with van der Waals surface area (Å²) in [5.41, 5.74) is 0. The van der Waals surface area contributed by atoms with Crippen LogP contribution < -0.4 is 0 Å². The molecule has 1 rings (SSSR count). The fraction of sp³-hybridized carbons (Fsp3) is 1.00. The van der Waals surface area contributed by atoms with Crippen LogP contribution in [0.2, 0.25) is 0 Å². The van der Waals surface area contributed by atoms with Gasteiger partial charge in [0.2, 0.25) is 0 Å². The van der Waals surface area contributed by atoms with Gasteiger partial charge in [-0.25, -0.2) is 0 Å². The standard InChI is InChI=1S/C8H16O3/c1-6-7(3-4-9)8(10-2)5-11-6/h6-9H,3-5H2,1-2H3/t6-,7+,8-/m0/s1. The molecule has 0 amide bonds. The summed E-state index contributed by atoms with van der Waals surface area (Å²) in [4.78, 5) is 0. The minimum Gasteiger partial charge on any atom is -0.396 e. The maximum atomic E-state index is 8.75. The maximum Gasteiger partial charge on any atom is 0.0858 e. The summed E-state index contributed by atoms with van der Waals surface area (Å²) >= 11 is 0. The van der Waals surface area contributed by atoms with Gasteiger partial charge in [0, 0.05) is 19.6 Å². The van der Waals surface area contributed by atoms with Crippen molar-refractivity contribution in [1.29, 1.82) is 0 Å². The second-order valence-corrected chi connectivity index (χ2v) is 2.99. The van der Waals surface area contributed by atoms with E-state index in [1.165, 1.54) is 0 Å². The van der Waals surface area contributed by atoms with Crippen LogP contribution >= 0.6 is 0 Å². The van der Waals surface area contributed by atoms with Crippen LogP contribution in [0, 0.1) is 5.92 Å². The fourth-order valence-electron chi connectivity index (χ4n) is 1.61. The molecule has 0 saturated carbocycles. The largest absolute Gasteiger partial charge is 0.396 e. The molecule has 1 aliphatic heterocycles. The molecule has 1 N–H and O–H groups in total. The lowest BCUT2D eigenvalue weighted by Crippen LogP contribution is -2.25.